The van der Waals surface area contributed by atoms with E-state index in [1.165, 1.54) is 23.7 Å². The summed E-state index contributed by atoms with van der Waals surface area (Å²) < 4.78 is 42.7. The average molecular weight is 468 g/mol. The Balaban J connectivity index is 1.74. The number of fused-ring (bicyclic) bond motifs is 1. The normalized spacial score (nSPS) is 13.5. The highest BCUT2D eigenvalue weighted by Crippen LogP contribution is 2.24. The molecular formula is C18H13BrF3N5O2. The Morgan fingerprint density at radius 3 is 2.59 bits per heavy atom. The summed E-state index contributed by atoms with van der Waals surface area (Å²) in [6.07, 6.45) is 0.0856. The molecule has 11 heteroatoms. The number of nitrogens with zero attached hydrogens (tertiary/aromatic N) is 4. The molecule has 2 heterocycles. The summed E-state index contributed by atoms with van der Waals surface area (Å²) in [5, 5.41) is 17.3. The minimum atomic E-state index is -4.82. The lowest BCUT2D eigenvalue weighted by Gasteiger charge is -2.23. The summed E-state index contributed by atoms with van der Waals surface area (Å²) in [6, 6.07) is 6.44. The van der Waals surface area contributed by atoms with Gasteiger partial charge in [-0.25, -0.2) is 0 Å². The molecular weight excluding hydrogens is 455 g/mol. The minimum Gasteiger partial charge on any atom is -0.406 e. The molecule has 7 nitrogen and oxygen atoms in total. The van der Waals surface area contributed by atoms with Crippen molar-refractivity contribution in [2.24, 2.45) is 0 Å². The maximum Gasteiger partial charge on any atom is 0.573 e. The van der Waals surface area contributed by atoms with Crippen LogP contribution in [0.15, 0.2) is 47.3 Å². The van der Waals surface area contributed by atoms with E-state index in [1.807, 2.05) is 6.07 Å². The molecule has 150 valence electrons. The van der Waals surface area contributed by atoms with Crippen LogP contribution in [0.5, 0.6) is 5.75 Å². The largest absolute Gasteiger partial charge is 0.573 e. The van der Waals surface area contributed by atoms with E-state index in [0.717, 1.165) is 22.0 Å². The number of carbonyl (C=O) groups excluding carboxylic acids is 1. The van der Waals surface area contributed by atoms with Crippen LogP contribution in [0.2, 0.25) is 0 Å². The molecule has 1 unspecified atom stereocenters. The third-order valence-corrected chi connectivity index (χ3v) is 4.53. The van der Waals surface area contributed by atoms with Gasteiger partial charge >= 0.3 is 6.36 Å². The van der Waals surface area contributed by atoms with Crippen LogP contribution in [-0.2, 0) is 6.54 Å². The van der Waals surface area contributed by atoms with E-state index in [4.69, 9.17) is 0 Å². The summed E-state index contributed by atoms with van der Waals surface area (Å²) in [4.78, 5) is 16.5. The summed E-state index contributed by atoms with van der Waals surface area (Å²) in [5.41, 5.74) is -0.620. The zero-order valence-electron chi connectivity index (χ0n) is 14.9. The number of carbonyl (C=O) groups is 1. The highest BCUT2D eigenvalue weighted by molar-refractivity contribution is 9.10. The zero-order chi connectivity index (χ0) is 21.2. The molecule has 0 fully saturated rings. The average Bonchev–Trinajstić information content (AvgIpc) is 3.04. The molecule has 1 N–H and O–H groups in total. The number of nitrogens with one attached hydrogen (secondary N) is 1. The number of hydrogen-bond donors (Lipinski definition) is 1. The van der Waals surface area contributed by atoms with Gasteiger partial charge in [-0.15, -0.1) is 13.2 Å². The van der Waals surface area contributed by atoms with Gasteiger partial charge in [0.15, 0.2) is 0 Å². The first kappa shape index (κ1) is 20.6. The van der Waals surface area contributed by atoms with Crippen LogP contribution >= 0.6 is 15.9 Å². The van der Waals surface area contributed by atoms with Crippen molar-refractivity contribution in [1.82, 2.24) is 20.1 Å². The molecule has 0 saturated heterocycles. The third kappa shape index (κ3) is 5.03. The SMILES string of the molecule is CC(C#N)(Cn1cc2c(Br)cncc2n1)NC(=O)c1ccc(OC(F)(F)F)cc1. The molecule has 0 aliphatic rings. The number of ether oxygens (including phenoxy) is 1. The molecule has 1 aromatic carbocycles. The second-order valence-electron chi connectivity index (χ2n) is 6.35. The van der Waals surface area contributed by atoms with Crippen LogP contribution in [-0.4, -0.2) is 32.6 Å². The van der Waals surface area contributed by atoms with Crippen molar-refractivity contribution in [2.75, 3.05) is 0 Å². The number of aromatic nitrogens is 3. The molecule has 0 radical (unpaired) electrons. The molecule has 0 saturated carbocycles. The number of nitriles is 1. The van der Waals surface area contributed by atoms with Crippen molar-refractivity contribution in [1.29, 1.82) is 5.26 Å². The number of halogens is 4. The van der Waals surface area contributed by atoms with Gasteiger partial charge in [-0.3, -0.25) is 14.5 Å². The van der Waals surface area contributed by atoms with E-state index in [-0.39, 0.29) is 12.1 Å². The lowest BCUT2D eigenvalue weighted by atomic mass is 10.0. The van der Waals surface area contributed by atoms with Gasteiger partial charge in [0.25, 0.3) is 5.91 Å². The van der Waals surface area contributed by atoms with E-state index >= 15 is 0 Å². The van der Waals surface area contributed by atoms with Gasteiger partial charge in [-0.2, -0.15) is 10.4 Å². The Morgan fingerprint density at radius 2 is 2.00 bits per heavy atom. The van der Waals surface area contributed by atoms with E-state index in [0.29, 0.717) is 5.52 Å². The Labute approximate surface area is 171 Å². The van der Waals surface area contributed by atoms with Crippen LogP contribution in [0.1, 0.15) is 17.3 Å². The van der Waals surface area contributed by atoms with E-state index in [1.54, 1.807) is 18.6 Å². The number of rotatable bonds is 5. The summed E-state index contributed by atoms with van der Waals surface area (Å²) in [5.74, 6) is -1.06. The van der Waals surface area contributed by atoms with Crippen LogP contribution in [0.4, 0.5) is 13.2 Å². The molecule has 0 bridgehead atoms. The van der Waals surface area contributed by atoms with Crippen molar-refractivity contribution in [3.8, 4) is 11.8 Å². The standard InChI is InChI=1S/C18H13BrF3N5O2/c1-17(9-23,10-27-8-13-14(19)6-24-7-15(13)26-27)25-16(28)11-2-4-12(5-3-11)29-18(20,21)22/h2-8H,10H2,1H3,(H,25,28). The van der Waals surface area contributed by atoms with Crippen LogP contribution in [0.3, 0.4) is 0 Å². The van der Waals surface area contributed by atoms with Crippen molar-refractivity contribution in [3.05, 3.63) is 52.9 Å². The van der Waals surface area contributed by atoms with Gasteiger partial charge < -0.3 is 10.1 Å². The van der Waals surface area contributed by atoms with Crippen molar-refractivity contribution in [2.45, 2.75) is 25.4 Å². The molecule has 1 amide bonds. The molecule has 1 atom stereocenters. The van der Waals surface area contributed by atoms with Crippen LogP contribution in [0, 0.1) is 11.3 Å². The third-order valence-electron chi connectivity index (χ3n) is 3.90. The fourth-order valence-corrected chi connectivity index (χ4v) is 3.02. The molecule has 2 aromatic heterocycles. The molecule has 29 heavy (non-hydrogen) atoms. The monoisotopic (exact) mass is 467 g/mol. The fraction of sp³-hybridized carbons (Fsp3) is 0.222. The number of benzene rings is 1. The zero-order valence-corrected chi connectivity index (χ0v) is 16.5. The first-order chi connectivity index (χ1) is 13.6. The summed E-state index contributed by atoms with van der Waals surface area (Å²) in [6.45, 7) is 1.57. The van der Waals surface area contributed by atoms with Gasteiger partial charge in [0.05, 0.1) is 18.8 Å². The number of alkyl halides is 3. The van der Waals surface area contributed by atoms with Gasteiger partial charge in [0.1, 0.15) is 16.8 Å². The Kier molecular flexibility index (Phi) is 5.48. The van der Waals surface area contributed by atoms with Crippen LogP contribution in [0.25, 0.3) is 10.9 Å². The first-order valence-electron chi connectivity index (χ1n) is 8.15. The summed E-state index contributed by atoms with van der Waals surface area (Å²) >= 11 is 3.37. The molecule has 3 rings (SSSR count). The maximum absolute atomic E-state index is 12.5. The molecule has 0 spiro atoms. The highest BCUT2D eigenvalue weighted by atomic mass is 79.9. The first-order valence-corrected chi connectivity index (χ1v) is 8.94. The Morgan fingerprint density at radius 1 is 1.31 bits per heavy atom. The molecule has 0 aliphatic heterocycles. The van der Waals surface area contributed by atoms with E-state index in [9.17, 15) is 23.2 Å². The predicted molar refractivity (Wildman–Crippen MR) is 99.8 cm³/mol. The number of amides is 1. The minimum absolute atomic E-state index is 0.0473. The van der Waals surface area contributed by atoms with Crippen molar-refractivity contribution >= 4 is 32.7 Å². The van der Waals surface area contributed by atoms with Crippen molar-refractivity contribution < 1.29 is 22.7 Å². The predicted octanol–water partition coefficient (Wildman–Crippen LogP) is 3.80. The van der Waals surface area contributed by atoms with Gasteiger partial charge in [0, 0.05) is 27.8 Å². The van der Waals surface area contributed by atoms with Crippen molar-refractivity contribution in [3.63, 3.8) is 0 Å². The number of pyridine rings is 1. The summed E-state index contributed by atoms with van der Waals surface area (Å²) in [7, 11) is 0. The van der Waals surface area contributed by atoms with E-state index in [2.05, 4.69) is 36.1 Å². The lowest BCUT2D eigenvalue weighted by molar-refractivity contribution is -0.274. The molecule has 0 aliphatic carbocycles. The van der Waals surface area contributed by atoms with E-state index < -0.39 is 23.6 Å². The highest BCUT2D eigenvalue weighted by Gasteiger charge is 2.31. The second-order valence-corrected chi connectivity index (χ2v) is 7.21. The number of hydrogen-bond acceptors (Lipinski definition) is 5. The van der Waals surface area contributed by atoms with Gasteiger partial charge in [0.2, 0.25) is 0 Å². The molecule has 3 aromatic rings. The van der Waals surface area contributed by atoms with Gasteiger partial charge in [-0.05, 0) is 47.1 Å². The topological polar surface area (TPSA) is 92.8 Å². The van der Waals surface area contributed by atoms with Crippen LogP contribution < -0.4 is 10.1 Å². The van der Waals surface area contributed by atoms with Gasteiger partial charge in [-0.1, -0.05) is 0 Å². The Bertz CT molecular complexity index is 1090. The maximum atomic E-state index is 12.5. The Hall–Kier alpha value is -3.13. The lowest BCUT2D eigenvalue weighted by Crippen LogP contribution is -2.48. The fourth-order valence-electron chi connectivity index (χ4n) is 2.60. The smallest absolute Gasteiger partial charge is 0.406 e. The quantitative estimate of drug-likeness (QED) is 0.615. The second kappa shape index (κ2) is 7.71.